The molecule has 0 spiro atoms. The smallest absolute Gasteiger partial charge is 0.125 e. The van der Waals surface area contributed by atoms with Gasteiger partial charge in [-0.1, -0.05) is 13.0 Å². The van der Waals surface area contributed by atoms with Crippen molar-refractivity contribution < 1.29 is 4.74 Å². The van der Waals surface area contributed by atoms with E-state index in [1.807, 2.05) is 7.05 Å². The predicted molar refractivity (Wildman–Crippen MR) is 90.3 cm³/mol. The summed E-state index contributed by atoms with van der Waals surface area (Å²) in [5.41, 5.74) is 2.57. The first-order valence-corrected chi connectivity index (χ1v) is 8.15. The van der Waals surface area contributed by atoms with Gasteiger partial charge in [-0.25, -0.2) is 0 Å². The summed E-state index contributed by atoms with van der Waals surface area (Å²) in [6, 6.07) is 7.31. The fourth-order valence-electron chi connectivity index (χ4n) is 3.42. The number of ether oxygens (including phenoxy) is 1. The van der Waals surface area contributed by atoms with Gasteiger partial charge in [-0.05, 0) is 57.7 Å². The Kier molecular flexibility index (Phi) is 5.51. The molecule has 1 saturated carbocycles. The average Bonchev–Trinajstić information content (AvgIpc) is 2.53. The number of nitrogens with zero attached hydrogens (tertiary/aromatic N) is 1. The Balaban J connectivity index is 2.29. The van der Waals surface area contributed by atoms with E-state index in [-0.39, 0.29) is 6.04 Å². The van der Waals surface area contributed by atoms with Crippen molar-refractivity contribution in [2.45, 2.75) is 51.6 Å². The van der Waals surface area contributed by atoms with Crippen molar-refractivity contribution in [2.24, 2.45) is 5.92 Å². The summed E-state index contributed by atoms with van der Waals surface area (Å²) in [5.74, 6) is 1.86. The molecule has 0 amide bonds. The summed E-state index contributed by atoms with van der Waals surface area (Å²) in [6.07, 6.45) is 5.27. The van der Waals surface area contributed by atoms with Gasteiger partial charge in [0.15, 0.2) is 0 Å². The zero-order chi connectivity index (χ0) is 15.4. The molecule has 0 aliphatic heterocycles. The van der Waals surface area contributed by atoms with E-state index in [1.165, 1.54) is 36.9 Å². The molecule has 21 heavy (non-hydrogen) atoms. The van der Waals surface area contributed by atoms with Gasteiger partial charge in [0.1, 0.15) is 5.75 Å². The van der Waals surface area contributed by atoms with E-state index in [9.17, 15) is 0 Å². The first-order valence-electron chi connectivity index (χ1n) is 8.15. The highest BCUT2D eigenvalue weighted by Gasteiger charge is 2.25. The summed E-state index contributed by atoms with van der Waals surface area (Å²) in [7, 11) is 6.00. The van der Waals surface area contributed by atoms with E-state index in [4.69, 9.17) is 4.74 Å². The molecule has 0 bridgehead atoms. The lowest BCUT2D eigenvalue weighted by molar-refractivity contribution is 0.339. The van der Waals surface area contributed by atoms with Gasteiger partial charge in [-0.3, -0.25) is 0 Å². The largest absolute Gasteiger partial charge is 0.496 e. The molecule has 0 heterocycles. The van der Waals surface area contributed by atoms with Crippen LogP contribution in [0.3, 0.4) is 0 Å². The van der Waals surface area contributed by atoms with E-state index < -0.39 is 0 Å². The normalized spacial score (nSPS) is 23.7. The predicted octanol–water partition coefficient (Wildman–Crippen LogP) is 3.99. The third kappa shape index (κ3) is 3.52. The van der Waals surface area contributed by atoms with Crippen molar-refractivity contribution in [1.82, 2.24) is 5.32 Å². The molecule has 2 rings (SSSR count). The first kappa shape index (κ1) is 16.2. The maximum atomic E-state index is 5.60. The van der Waals surface area contributed by atoms with Crippen LogP contribution in [0.4, 0.5) is 5.69 Å². The molecule has 0 aromatic heterocycles. The van der Waals surface area contributed by atoms with Crippen LogP contribution < -0.4 is 15.0 Å². The number of anilines is 1. The minimum Gasteiger partial charge on any atom is -0.496 e. The van der Waals surface area contributed by atoms with Crippen molar-refractivity contribution in [2.75, 3.05) is 26.1 Å². The molecule has 1 N–H and O–H groups in total. The van der Waals surface area contributed by atoms with Gasteiger partial charge < -0.3 is 15.0 Å². The maximum Gasteiger partial charge on any atom is 0.125 e. The SMILES string of the molecule is CNC(C)c1c(OC)cccc1N(C)C1CCC(C)CC1. The van der Waals surface area contributed by atoms with Crippen LogP contribution >= 0.6 is 0 Å². The number of nitrogens with one attached hydrogen (secondary N) is 1. The summed E-state index contributed by atoms with van der Waals surface area (Å²) in [6.45, 7) is 4.56. The standard InChI is InChI=1S/C18H30N2O/c1-13-9-11-15(12-10-13)20(4)16-7-6-8-17(21-5)18(16)14(2)19-3/h6-8,13-15,19H,9-12H2,1-5H3. The number of hydrogen-bond donors (Lipinski definition) is 1. The molecule has 1 unspecified atom stereocenters. The number of rotatable bonds is 5. The molecule has 0 radical (unpaired) electrons. The van der Waals surface area contributed by atoms with Crippen molar-refractivity contribution in [1.29, 1.82) is 0 Å². The van der Waals surface area contributed by atoms with Crippen LogP contribution in [-0.4, -0.2) is 27.2 Å². The molecule has 1 aliphatic carbocycles. The van der Waals surface area contributed by atoms with Gasteiger partial charge in [0, 0.05) is 30.4 Å². The molecule has 1 fully saturated rings. The second-order valence-corrected chi connectivity index (χ2v) is 6.43. The van der Waals surface area contributed by atoms with Gasteiger partial charge >= 0.3 is 0 Å². The highest BCUT2D eigenvalue weighted by Crippen LogP contribution is 2.37. The van der Waals surface area contributed by atoms with Gasteiger partial charge in [0.05, 0.1) is 7.11 Å². The Labute approximate surface area is 129 Å². The summed E-state index contributed by atoms with van der Waals surface area (Å²) >= 11 is 0. The van der Waals surface area contributed by atoms with Crippen LogP contribution in [0.1, 0.15) is 51.1 Å². The fourth-order valence-corrected chi connectivity index (χ4v) is 3.42. The van der Waals surface area contributed by atoms with Crippen LogP contribution in [0.15, 0.2) is 18.2 Å². The van der Waals surface area contributed by atoms with Crippen LogP contribution in [0.2, 0.25) is 0 Å². The van der Waals surface area contributed by atoms with E-state index in [2.05, 4.69) is 49.3 Å². The fraction of sp³-hybridized carbons (Fsp3) is 0.667. The summed E-state index contributed by atoms with van der Waals surface area (Å²) in [5, 5.41) is 3.35. The average molecular weight is 290 g/mol. The van der Waals surface area contributed by atoms with E-state index >= 15 is 0 Å². The molecule has 0 saturated heterocycles. The van der Waals surface area contributed by atoms with Gasteiger partial charge in [-0.2, -0.15) is 0 Å². The second kappa shape index (κ2) is 7.17. The first-order chi connectivity index (χ1) is 10.1. The molecule has 3 nitrogen and oxygen atoms in total. The minimum atomic E-state index is 0.279. The van der Waals surface area contributed by atoms with Crippen molar-refractivity contribution >= 4 is 5.69 Å². The quantitative estimate of drug-likeness (QED) is 0.887. The molecule has 3 heteroatoms. The Morgan fingerprint density at radius 3 is 2.48 bits per heavy atom. The van der Waals surface area contributed by atoms with Gasteiger partial charge in [0.25, 0.3) is 0 Å². The molecular formula is C18H30N2O. The van der Waals surface area contributed by atoms with Crippen LogP contribution in [0.5, 0.6) is 5.75 Å². The van der Waals surface area contributed by atoms with Crippen molar-refractivity contribution in [3.63, 3.8) is 0 Å². The maximum absolute atomic E-state index is 5.60. The third-order valence-corrected chi connectivity index (χ3v) is 5.04. The Bertz CT molecular complexity index is 453. The van der Waals surface area contributed by atoms with Gasteiger partial charge in [-0.15, -0.1) is 0 Å². The van der Waals surface area contributed by atoms with E-state index in [1.54, 1.807) is 7.11 Å². The molecular weight excluding hydrogens is 260 g/mol. The Morgan fingerprint density at radius 1 is 1.24 bits per heavy atom. The molecule has 1 aliphatic rings. The van der Waals surface area contributed by atoms with Crippen LogP contribution in [0.25, 0.3) is 0 Å². The third-order valence-electron chi connectivity index (χ3n) is 5.04. The number of hydrogen-bond acceptors (Lipinski definition) is 3. The minimum absolute atomic E-state index is 0.279. The Morgan fingerprint density at radius 2 is 1.90 bits per heavy atom. The molecule has 118 valence electrons. The van der Waals surface area contributed by atoms with Crippen molar-refractivity contribution in [3.05, 3.63) is 23.8 Å². The summed E-state index contributed by atoms with van der Waals surface area (Å²) in [4.78, 5) is 2.47. The van der Waals surface area contributed by atoms with Crippen LogP contribution in [-0.2, 0) is 0 Å². The summed E-state index contributed by atoms with van der Waals surface area (Å²) < 4.78 is 5.60. The lowest BCUT2D eigenvalue weighted by Gasteiger charge is -2.37. The topological polar surface area (TPSA) is 24.5 Å². The highest BCUT2D eigenvalue weighted by molar-refractivity contribution is 5.61. The molecule has 1 aromatic rings. The van der Waals surface area contributed by atoms with E-state index in [0.717, 1.165) is 11.7 Å². The number of benzene rings is 1. The van der Waals surface area contributed by atoms with E-state index in [0.29, 0.717) is 6.04 Å². The molecule has 1 atom stereocenters. The lowest BCUT2D eigenvalue weighted by Crippen LogP contribution is -2.36. The highest BCUT2D eigenvalue weighted by atomic mass is 16.5. The monoisotopic (exact) mass is 290 g/mol. The van der Waals surface area contributed by atoms with Gasteiger partial charge in [0.2, 0.25) is 0 Å². The van der Waals surface area contributed by atoms with Crippen LogP contribution in [0, 0.1) is 5.92 Å². The zero-order valence-corrected chi connectivity index (χ0v) is 14.1. The zero-order valence-electron chi connectivity index (χ0n) is 14.1. The Hall–Kier alpha value is -1.22. The second-order valence-electron chi connectivity index (χ2n) is 6.43. The molecule has 1 aromatic carbocycles. The van der Waals surface area contributed by atoms with Crippen molar-refractivity contribution in [3.8, 4) is 5.75 Å². The lowest BCUT2D eigenvalue weighted by atomic mass is 9.86. The number of methoxy groups -OCH3 is 1.